The van der Waals surface area contributed by atoms with E-state index in [1.165, 1.54) is 27.8 Å². The normalized spacial score (nSPS) is 15.6. The monoisotopic (exact) mass is 512 g/mol. The van der Waals surface area contributed by atoms with Crippen LogP contribution in [0.3, 0.4) is 0 Å². The first-order valence-electron chi connectivity index (χ1n) is 7.05. The average molecular weight is 516 g/mol. The minimum atomic E-state index is 0. The molecule has 0 aliphatic heterocycles. The van der Waals surface area contributed by atoms with Gasteiger partial charge in [-0.05, 0) is 46.4 Å². The van der Waals surface area contributed by atoms with Gasteiger partial charge in [0.15, 0.2) is 5.78 Å². The smallest absolute Gasteiger partial charge is 0.178 e. The molecule has 2 aromatic carbocycles. The molecule has 0 radical (unpaired) electrons. The Morgan fingerprint density at radius 3 is 2.55 bits per heavy atom. The molecule has 0 atom stereocenters. The summed E-state index contributed by atoms with van der Waals surface area (Å²) in [6, 6.07) is 19.5. The van der Waals surface area contributed by atoms with Crippen molar-refractivity contribution in [2.75, 3.05) is 0 Å². The van der Waals surface area contributed by atoms with Gasteiger partial charge in [-0.2, -0.15) is 30.3 Å². The summed E-state index contributed by atoms with van der Waals surface area (Å²) >= 11 is 0. The van der Waals surface area contributed by atoms with Gasteiger partial charge in [0.2, 0.25) is 0 Å². The maximum absolute atomic E-state index is 11.7. The van der Waals surface area contributed by atoms with E-state index in [9.17, 15) is 4.79 Å². The van der Waals surface area contributed by atoms with Crippen LogP contribution in [-0.4, -0.2) is 5.78 Å². The molecule has 0 fully saturated rings. The van der Waals surface area contributed by atoms with Crippen LogP contribution in [0.15, 0.2) is 77.9 Å². The van der Waals surface area contributed by atoms with Crippen LogP contribution < -0.4 is 0 Å². The molecule has 0 aromatic heterocycles. The number of hydrogen-bond acceptors (Lipinski definition) is 1. The molecule has 2 aliphatic rings. The zero-order chi connectivity index (χ0) is 14.2. The summed E-state index contributed by atoms with van der Waals surface area (Å²) in [4.78, 5) is 11.7. The Bertz CT molecular complexity index is 826. The van der Waals surface area contributed by atoms with Crippen molar-refractivity contribution < 1.29 is 4.79 Å². The van der Waals surface area contributed by atoms with Gasteiger partial charge in [-0.15, -0.1) is 5.56 Å². The van der Waals surface area contributed by atoms with Gasteiger partial charge in [-0.3, -0.25) is 4.79 Å². The first kappa shape index (κ1) is 13.3. The molecule has 0 N–H and O–H groups in total. The maximum Gasteiger partial charge on any atom is 0.178 e. The van der Waals surface area contributed by atoms with Crippen LogP contribution in [0, 0.1) is 6.07 Å². The zero-order valence-corrected chi connectivity index (χ0v) is 14.8. The molecule has 2 aromatic rings. The van der Waals surface area contributed by atoms with Crippen LogP contribution >= 0.6 is 0 Å². The number of rotatable bonds is 1. The summed E-state index contributed by atoms with van der Waals surface area (Å²) in [7, 11) is 0. The minimum absolute atomic E-state index is 0. The number of allylic oxidation sites excluding steroid dienone is 5. The van der Waals surface area contributed by atoms with Crippen molar-refractivity contribution in [2.24, 2.45) is 0 Å². The predicted molar refractivity (Wildman–Crippen MR) is 83.7 cm³/mol. The number of carbonyl (C=O) groups excluding carboxylic acids is 1. The predicted octanol–water partition coefficient (Wildman–Crippen LogP) is 3.91. The van der Waals surface area contributed by atoms with Crippen LogP contribution in [0.2, 0.25) is 0 Å². The Morgan fingerprint density at radius 1 is 0.955 bits per heavy atom. The largest absolute Gasteiger partial charge is 0.290 e. The van der Waals surface area contributed by atoms with E-state index in [-0.39, 0.29) is 5.78 Å². The first-order chi connectivity index (χ1) is 10.3. The van der Waals surface area contributed by atoms with Gasteiger partial charge in [0.05, 0.1) is 0 Å². The van der Waals surface area contributed by atoms with E-state index in [1.54, 1.807) is 12.2 Å². The standard InChI is InChI=1S/C20H13O.Cm/c21-17-10-11-19-16(13-17)12-15-8-4-5-9-18(15)20(19)14-6-2-1-3-7-14;/h2-11,13H,12H2;/q-1;. The fourth-order valence-corrected chi connectivity index (χ4v) is 3.09. The number of carbonyl (C=O) groups is 1. The first-order valence-corrected chi connectivity index (χ1v) is 7.05. The second-order valence-electron chi connectivity index (χ2n) is 5.32. The van der Waals surface area contributed by atoms with Crippen molar-refractivity contribution in [1.29, 1.82) is 0 Å². The molecule has 108 valence electrons. The van der Waals surface area contributed by atoms with Crippen molar-refractivity contribution in [1.82, 2.24) is 0 Å². The third-order valence-electron chi connectivity index (χ3n) is 4.02. The molecule has 0 saturated heterocycles. The number of hydrogen-bond donors (Lipinski definition) is 0. The molecule has 2 aliphatic carbocycles. The van der Waals surface area contributed by atoms with Crippen molar-refractivity contribution in [3.63, 3.8) is 0 Å². The average Bonchev–Trinajstić information content (AvgIpc) is 2.53. The maximum atomic E-state index is 11.7. The Hall–Kier alpha value is -3.67. The van der Waals surface area contributed by atoms with E-state index in [4.69, 9.17) is 0 Å². The number of benzene rings is 2. The van der Waals surface area contributed by atoms with Gasteiger partial charge < -0.3 is 0 Å². The van der Waals surface area contributed by atoms with Crippen LogP contribution in [0.1, 0.15) is 16.7 Å². The summed E-state index contributed by atoms with van der Waals surface area (Å²) < 4.78 is 0. The molecular weight excluding hydrogens is 503 g/mol. The summed E-state index contributed by atoms with van der Waals surface area (Å²) in [6.07, 6.45) is 6.20. The fourth-order valence-electron chi connectivity index (χ4n) is 3.09. The SMILES string of the molecule is O=C1C=CC2=C(c3cc[c-]cc3)c3ccccc3CC2=C1.[Cm]. The van der Waals surface area contributed by atoms with Gasteiger partial charge in [0.25, 0.3) is 0 Å². The molecule has 1 nitrogen and oxygen atoms in total. The number of ketones is 1. The van der Waals surface area contributed by atoms with Crippen molar-refractivity contribution >= 4 is 11.4 Å². The van der Waals surface area contributed by atoms with E-state index in [0.717, 1.165) is 12.0 Å². The van der Waals surface area contributed by atoms with Gasteiger partial charge in [-0.1, -0.05) is 30.3 Å². The van der Waals surface area contributed by atoms with Crippen molar-refractivity contribution in [3.8, 4) is 0 Å². The second-order valence-corrected chi connectivity index (χ2v) is 5.32. The van der Waals surface area contributed by atoms with E-state index < -0.39 is 0 Å². The van der Waals surface area contributed by atoms with Gasteiger partial charge in [0, 0.05) is 0 Å². The van der Waals surface area contributed by atoms with Crippen LogP contribution in [0.5, 0.6) is 0 Å². The molecule has 22 heavy (non-hydrogen) atoms. The van der Waals surface area contributed by atoms with E-state index in [2.05, 4.69) is 42.5 Å². The van der Waals surface area contributed by atoms with Gasteiger partial charge >= 0.3 is 0 Å². The molecule has 0 amide bonds. The Labute approximate surface area is 123 Å². The Morgan fingerprint density at radius 2 is 1.73 bits per heavy atom. The summed E-state index contributed by atoms with van der Waals surface area (Å²) in [5.41, 5.74) is 7.19. The van der Waals surface area contributed by atoms with Crippen molar-refractivity contribution in [2.45, 2.75) is 6.42 Å². The second kappa shape index (κ2) is 5.02. The van der Waals surface area contributed by atoms with E-state index in [1.807, 2.05) is 18.2 Å². The van der Waals surface area contributed by atoms with Crippen LogP contribution in [0.25, 0.3) is 5.57 Å². The van der Waals surface area contributed by atoms with E-state index >= 15 is 0 Å². The Kier molecular flexibility index (Phi) is 3.04. The molecule has 0 bridgehead atoms. The summed E-state index contributed by atoms with van der Waals surface area (Å²) in [5.74, 6) is 0.0777. The molecule has 0 saturated carbocycles. The van der Waals surface area contributed by atoms with Crippen LogP contribution in [-0.2, 0) is 11.2 Å². The van der Waals surface area contributed by atoms with Crippen molar-refractivity contribution in [3.05, 3.63) is 101 Å². The topological polar surface area (TPSA) is 17.1 Å². The quantitative estimate of drug-likeness (QED) is 0.526. The zero-order valence-electron chi connectivity index (χ0n) is 11.8. The molecule has 4 rings (SSSR count). The van der Waals surface area contributed by atoms with Gasteiger partial charge in [0.1, 0.15) is 0 Å². The third-order valence-corrected chi connectivity index (χ3v) is 4.02. The molecule has 2 heteroatoms. The van der Waals surface area contributed by atoms with Gasteiger partial charge in [-0.25, -0.2) is 0 Å². The molecule has 0 spiro atoms. The molecule has 0 heterocycles. The summed E-state index contributed by atoms with van der Waals surface area (Å²) in [6.45, 7) is 0. The number of fused-ring (bicyclic) bond motifs is 2. The van der Waals surface area contributed by atoms with Crippen LogP contribution in [0.4, 0.5) is 0 Å². The minimum Gasteiger partial charge on any atom is -0.290 e. The molecular formula is C20H13CmO-. The Balaban J connectivity index is 0.00000144. The molecule has 0 unspecified atom stereocenters. The fraction of sp³-hybridized carbons (Fsp3) is 0.0500. The van der Waals surface area contributed by atoms with E-state index in [0.29, 0.717) is 0 Å². The third kappa shape index (κ3) is 1.95. The summed E-state index contributed by atoms with van der Waals surface area (Å²) in [5, 5.41) is 0.